The Morgan fingerprint density at radius 2 is 2.10 bits per heavy atom. The molecule has 1 aliphatic rings. The summed E-state index contributed by atoms with van der Waals surface area (Å²) in [7, 11) is -3.82. The second kappa shape index (κ2) is 8.08. The highest BCUT2D eigenvalue weighted by atomic mass is 32.2. The second-order valence-electron chi connectivity index (χ2n) is 7.42. The molecule has 2 aromatic carbocycles. The summed E-state index contributed by atoms with van der Waals surface area (Å²) in [4.78, 5) is 26.6. The number of amides is 1. The number of fused-ring (bicyclic) bond motifs is 1. The van der Waals surface area contributed by atoms with Gasteiger partial charge in [0.05, 0.1) is 16.3 Å². The number of carbonyl (C=O) groups excluding carboxylic acids is 1. The highest BCUT2D eigenvalue weighted by Gasteiger charge is 2.33. The molecule has 1 saturated heterocycles. The van der Waals surface area contributed by atoms with E-state index in [-0.39, 0.29) is 22.9 Å². The van der Waals surface area contributed by atoms with Gasteiger partial charge in [-0.3, -0.25) is 9.78 Å². The summed E-state index contributed by atoms with van der Waals surface area (Å²) in [5.74, 6) is -1.26. The third kappa shape index (κ3) is 4.03. The molecular formula is C21H23N3O5S. The van der Waals surface area contributed by atoms with Gasteiger partial charge in [-0.25, -0.2) is 13.2 Å². The van der Waals surface area contributed by atoms with E-state index >= 15 is 0 Å². The molecule has 1 fully saturated rings. The van der Waals surface area contributed by atoms with Gasteiger partial charge < -0.3 is 9.73 Å². The summed E-state index contributed by atoms with van der Waals surface area (Å²) < 4.78 is 32.5. The lowest BCUT2D eigenvalue weighted by Gasteiger charge is -2.31. The van der Waals surface area contributed by atoms with Crippen molar-refractivity contribution < 1.29 is 17.6 Å². The Bertz CT molecular complexity index is 1240. The maximum absolute atomic E-state index is 13.1. The van der Waals surface area contributed by atoms with Crippen molar-refractivity contribution in [1.82, 2.24) is 9.29 Å². The third-order valence-electron chi connectivity index (χ3n) is 5.39. The molecule has 0 aliphatic carbocycles. The van der Waals surface area contributed by atoms with Crippen LogP contribution in [0.2, 0.25) is 0 Å². The molecule has 1 amide bonds. The molecule has 1 atom stereocenters. The number of aromatic amines is 1. The zero-order valence-electron chi connectivity index (χ0n) is 16.6. The van der Waals surface area contributed by atoms with Crippen LogP contribution < -0.4 is 11.1 Å². The summed E-state index contributed by atoms with van der Waals surface area (Å²) in [6, 6.07) is 11.9. The van der Waals surface area contributed by atoms with Crippen molar-refractivity contribution in [3.8, 4) is 0 Å². The fourth-order valence-corrected chi connectivity index (χ4v) is 5.26. The monoisotopic (exact) mass is 429 g/mol. The molecule has 9 heteroatoms. The van der Waals surface area contributed by atoms with E-state index in [1.54, 1.807) is 0 Å². The van der Waals surface area contributed by atoms with Gasteiger partial charge in [-0.1, -0.05) is 19.1 Å². The molecule has 1 aromatic heterocycles. The van der Waals surface area contributed by atoms with Crippen LogP contribution in [0.15, 0.2) is 56.6 Å². The number of sulfonamides is 1. The Labute approximate surface area is 173 Å². The molecule has 0 radical (unpaired) electrons. The first-order valence-corrected chi connectivity index (χ1v) is 11.3. The minimum atomic E-state index is -3.82. The number of oxazole rings is 1. The van der Waals surface area contributed by atoms with Crippen LogP contribution in [-0.4, -0.2) is 36.7 Å². The summed E-state index contributed by atoms with van der Waals surface area (Å²) in [5.41, 5.74) is 2.45. The number of carbonyl (C=O) groups is 1. The van der Waals surface area contributed by atoms with Gasteiger partial charge in [0.25, 0.3) is 0 Å². The summed E-state index contributed by atoms with van der Waals surface area (Å²) in [6.07, 6.45) is 2.08. The van der Waals surface area contributed by atoms with E-state index in [2.05, 4.69) is 10.3 Å². The number of hydrogen-bond acceptors (Lipinski definition) is 5. The van der Waals surface area contributed by atoms with Gasteiger partial charge in [-0.15, -0.1) is 0 Å². The van der Waals surface area contributed by atoms with Crippen LogP contribution in [0, 0.1) is 5.92 Å². The molecule has 158 valence electrons. The first kappa shape index (κ1) is 20.4. The highest BCUT2D eigenvalue weighted by Crippen LogP contribution is 2.26. The van der Waals surface area contributed by atoms with Gasteiger partial charge in [0, 0.05) is 24.8 Å². The molecule has 0 bridgehead atoms. The van der Waals surface area contributed by atoms with Gasteiger partial charge in [0.2, 0.25) is 15.9 Å². The number of aryl methyl sites for hydroxylation is 1. The quantitative estimate of drug-likeness (QED) is 0.648. The Morgan fingerprint density at radius 3 is 2.90 bits per heavy atom. The maximum Gasteiger partial charge on any atom is 0.417 e. The van der Waals surface area contributed by atoms with Crippen LogP contribution in [0.25, 0.3) is 11.1 Å². The van der Waals surface area contributed by atoms with Crippen molar-refractivity contribution in [3.05, 3.63) is 58.6 Å². The Morgan fingerprint density at radius 1 is 1.27 bits per heavy atom. The molecule has 0 saturated carbocycles. The van der Waals surface area contributed by atoms with E-state index in [1.807, 2.05) is 31.2 Å². The first-order chi connectivity index (χ1) is 14.4. The molecule has 30 heavy (non-hydrogen) atoms. The van der Waals surface area contributed by atoms with E-state index in [9.17, 15) is 18.0 Å². The molecule has 0 unspecified atom stereocenters. The van der Waals surface area contributed by atoms with E-state index in [0.29, 0.717) is 30.6 Å². The predicted octanol–water partition coefficient (Wildman–Crippen LogP) is 2.72. The van der Waals surface area contributed by atoms with Crippen molar-refractivity contribution in [2.24, 2.45) is 5.92 Å². The average Bonchev–Trinajstić information content (AvgIpc) is 3.13. The number of H-pyrrole nitrogens is 1. The predicted molar refractivity (Wildman–Crippen MR) is 113 cm³/mol. The number of aromatic nitrogens is 1. The number of hydrogen-bond donors (Lipinski definition) is 2. The van der Waals surface area contributed by atoms with Crippen LogP contribution in [0.5, 0.6) is 0 Å². The Hall–Kier alpha value is -2.91. The van der Waals surface area contributed by atoms with Gasteiger partial charge in [0.1, 0.15) is 0 Å². The van der Waals surface area contributed by atoms with Crippen LogP contribution >= 0.6 is 0 Å². The van der Waals surface area contributed by atoms with Crippen LogP contribution in [0.1, 0.15) is 25.3 Å². The van der Waals surface area contributed by atoms with Gasteiger partial charge in [0.15, 0.2) is 5.58 Å². The number of nitrogens with zero attached hydrogens (tertiary/aromatic N) is 1. The zero-order valence-corrected chi connectivity index (χ0v) is 17.4. The minimum absolute atomic E-state index is 0.0365. The number of piperidine rings is 1. The van der Waals surface area contributed by atoms with Crippen molar-refractivity contribution >= 4 is 32.7 Å². The lowest BCUT2D eigenvalue weighted by atomic mass is 9.98. The molecule has 8 nitrogen and oxygen atoms in total. The molecular weight excluding hydrogens is 406 g/mol. The molecule has 1 aliphatic heterocycles. The fraction of sp³-hybridized carbons (Fsp3) is 0.333. The topological polar surface area (TPSA) is 112 Å². The van der Waals surface area contributed by atoms with Crippen LogP contribution in [0.3, 0.4) is 0 Å². The number of rotatable bonds is 5. The second-order valence-corrected chi connectivity index (χ2v) is 9.36. The van der Waals surface area contributed by atoms with Crippen molar-refractivity contribution in [2.45, 2.75) is 31.1 Å². The largest absolute Gasteiger partial charge is 0.417 e. The molecule has 3 aromatic rings. The minimum Gasteiger partial charge on any atom is -0.408 e. The van der Waals surface area contributed by atoms with E-state index in [0.717, 1.165) is 12.0 Å². The maximum atomic E-state index is 13.1. The van der Waals surface area contributed by atoms with Crippen LogP contribution in [-0.2, 0) is 21.2 Å². The normalized spacial score (nSPS) is 17.8. The lowest BCUT2D eigenvalue weighted by Crippen LogP contribution is -2.43. The number of benzene rings is 2. The van der Waals surface area contributed by atoms with Gasteiger partial charge in [-0.05, 0) is 49.1 Å². The number of nitrogens with one attached hydrogen (secondary N) is 2. The van der Waals surface area contributed by atoms with Gasteiger partial charge >= 0.3 is 5.76 Å². The summed E-state index contributed by atoms with van der Waals surface area (Å²) in [6.45, 7) is 2.49. The zero-order chi connectivity index (χ0) is 21.3. The Balaban J connectivity index is 1.51. The van der Waals surface area contributed by atoms with E-state index in [4.69, 9.17) is 4.42 Å². The summed E-state index contributed by atoms with van der Waals surface area (Å²) >= 11 is 0. The molecule has 0 spiro atoms. The third-order valence-corrected chi connectivity index (χ3v) is 7.25. The highest BCUT2D eigenvalue weighted by molar-refractivity contribution is 7.89. The smallest absolute Gasteiger partial charge is 0.408 e. The summed E-state index contributed by atoms with van der Waals surface area (Å²) in [5, 5.41) is 2.91. The van der Waals surface area contributed by atoms with Gasteiger partial charge in [-0.2, -0.15) is 4.31 Å². The van der Waals surface area contributed by atoms with Crippen molar-refractivity contribution in [2.75, 3.05) is 18.4 Å². The van der Waals surface area contributed by atoms with Crippen molar-refractivity contribution in [3.63, 3.8) is 0 Å². The Kier molecular flexibility index (Phi) is 5.48. The standard InChI is InChI=1S/C21H23N3O5S/c1-2-14-5-3-7-16(11-14)22-20(25)15-6-4-10-24(13-15)30(27,28)17-8-9-18-19(12-17)29-21(26)23-18/h3,5,7-9,11-12,15H,2,4,6,10,13H2,1H3,(H,22,25)(H,23,26)/t15-/m1/s1. The van der Waals surface area contributed by atoms with Crippen molar-refractivity contribution in [1.29, 1.82) is 0 Å². The first-order valence-electron chi connectivity index (χ1n) is 9.89. The van der Waals surface area contributed by atoms with E-state index in [1.165, 1.54) is 22.5 Å². The number of anilines is 1. The molecule has 2 N–H and O–H groups in total. The van der Waals surface area contributed by atoms with E-state index < -0.39 is 21.7 Å². The SMILES string of the molecule is CCc1cccc(NC(=O)[C@@H]2CCCN(S(=O)(=O)c3ccc4[nH]c(=O)oc4c3)C2)c1. The molecule has 4 rings (SSSR count). The average molecular weight is 429 g/mol. The lowest BCUT2D eigenvalue weighted by molar-refractivity contribution is -0.120. The molecule has 2 heterocycles. The fourth-order valence-electron chi connectivity index (χ4n) is 3.72. The van der Waals surface area contributed by atoms with Crippen LogP contribution in [0.4, 0.5) is 5.69 Å².